The fraction of sp³-hybridized carbons (Fsp3) is 0.462. The van der Waals surface area contributed by atoms with Gasteiger partial charge in [0.05, 0.1) is 11.4 Å². The summed E-state index contributed by atoms with van der Waals surface area (Å²) in [4.78, 5) is 11.9. The van der Waals surface area contributed by atoms with Crippen LogP contribution in [0.2, 0.25) is 0 Å². The Labute approximate surface area is 125 Å². The Kier molecular flexibility index (Phi) is 5.98. The third-order valence-electron chi connectivity index (χ3n) is 2.96. The fourth-order valence-electron chi connectivity index (χ4n) is 1.72. The van der Waals surface area contributed by atoms with E-state index in [4.69, 9.17) is 0 Å². The molecule has 0 aliphatic heterocycles. The van der Waals surface area contributed by atoms with E-state index >= 15 is 0 Å². The maximum atomic E-state index is 11.7. The summed E-state index contributed by atoms with van der Waals surface area (Å²) in [6.07, 6.45) is 3.63. The Balaban J connectivity index is 0.00000200. The highest BCUT2D eigenvalue weighted by atomic mass is 35.5. The standard InChI is InChI=1S/C13H18N2O3S.ClH/c1-19(17,18)12-4-2-3-11(7-12)15-13(16)9-14-8-10-5-6-10;/h2-4,7,10,14H,5-6,8-9H2,1H3,(H,15,16);1H. The molecule has 1 amide bonds. The van der Waals surface area contributed by atoms with E-state index in [1.54, 1.807) is 12.1 Å². The lowest BCUT2D eigenvalue weighted by Gasteiger charge is -2.07. The maximum absolute atomic E-state index is 11.7. The summed E-state index contributed by atoms with van der Waals surface area (Å²) in [6, 6.07) is 6.27. The lowest BCUT2D eigenvalue weighted by atomic mass is 10.3. The van der Waals surface area contributed by atoms with E-state index in [-0.39, 0.29) is 29.8 Å². The zero-order valence-electron chi connectivity index (χ0n) is 11.3. The molecule has 2 rings (SSSR count). The summed E-state index contributed by atoms with van der Waals surface area (Å²) < 4.78 is 22.8. The van der Waals surface area contributed by atoms with Crippen molar-refractivity contribution in [3.8, 4) is 0 Å². The van der Waals surface area contributed by atoms with E-state index in [9.17, 15) is 13.2 Å². The second kappa shape index (κ2) is 7.06. The van der Waals surface area contributed by atoms with E-state index < -0.39 is 9.84 Å². The molecule has 1 fully saturated rings. The van der Waals surface area contributed by atoms with E-state index in [1.807, 2.05) is 0 Å². The van der Waals surface area contributed by atoms with Gasteiger partial charge in [0.1, 0.15) is 0 Å². The molecule has 0 unspecified atom stereocenters. The third-order valence-corrected chi connectivity index (χ3v) is 4.07. The fourth-order valence-corrected chi connectivity index (χ4v) is 2.39. The number of anilines is 1. The van der Waals surface area contributed by atoms with Crippen LogP contribution in [0.4, 0.5) is 5.69 Å². The molecule has 0 saturated heterocycles. The molecule has 2 N–H and O–H groups in total. The third kappa shape index (κ3) is 5.48. The molecule has 0 radical (unpaired) electrons. The van der Waals surface area contributed by atoms with Gasteiger partial charge < -0.3 is 10.6 Å². The van der Waals surface area contributed by atoms with Crippen LogP contribution < -0.4 is 10.6 Å². The Morgan fingerprint density at radius 2 is 2.05 bits per heavy atom. The predicted molar refractivity (Wildman–Crippen MR) is 81.0 cm³/mol. The molecule has 0 aromatic heterocycles. The molecule has 1 aromatic rings. The number of halogens is 1. The normalized spacial score (nSPS) is 14.4. The van der Waals surface area contributed by atoms with Gasteiger partial charge in [-0.05, 0) is 43.5 Å². The molecule has 1 aromatic carbocycles. The SMILES string of the molecule is CS(=O)(=O)c1cccc(NC(=O)CNCC2CC2)c1.Cl. The minimum atomic E-state index is -3.25. The first kappa shape index (κ1) is 16.9. The van der Waals surface area contributed by atoms with Gasteiger partial charge in [-0.15, -0.1) is 12.4 Å². The highest BCUT2D eigenvalue weighted by molar-refractivity contribution is 7.90. The number of benzene rings is 1. The zero-order valence-corrected chi connectivity index (χ0v) is 12.9. The summed E-state index contributed by atoms with van der Waals surface area (Å²) >= 11 is 0. The van der Waals surface area contributed by atoms with Gasteiger partial charge >= 0.3 is 0 Å². The molecule has 1 saturated carbocycles. The van der Waals surface area contributed by atoms with Crippen LogP contribution in [0.1, 0.15) is 12.8 Å². The molecule has 0 atom stereocenters. The van der Waals surface area contributed by atoms with E-state index in [2.05, 4.69) is 10.6 Å². The molecule has 0 spiro atoms. The number of hydrogen-bond acceptors (Lipinski definition) is 4. The van der Waals surface area contributed by atoms with Crippen LogP contribution in [-0.4, -0.2) is 33.7 Å². The second-order valence-corrected chi connectivity index (χ2v) is 6.94. The first-order valence-electron chi connectivity index (χ1n) is 6.26. The van der Waals surface area contributed by atoms with Crippen LogP contribution >= 0.6 is 12.4 Å². The van der Waals surface area contributed by atoms with Crippen molar-refractivity contribution in [2.45, 2.75) is 17.7 Å². The predicted octanol–water partition coefficient (Wildman–Crippen LogP) is 1.45. The number of nitrogens with one attached hydrogen (secondary N) is 2. The maximum Gasteiger partial charge on any atom is 0.238 e. The van der Waals surface area contributed by atoms with Crippen molar-refractivity contribution in [1.29, 1.82) is 0 Å². The van der Waals surface area contributed by atoms with Crippen molar-refractivity contribution in [2.75, 3.05) is 24.7 Å². The topological polar surface area (TPSA) is 75.3 Å². The summed E-state index contributed by atoms with van der Waals surface area (Å²) in [5, 5.41) is 5.76. The van der Waals surface area contributed by atoms with Crippen molar-refractivity contribution in [1.82, 2.24) is 5.32 Å². The lowest BCUT2D eigenvalue weighted by molar-refractivity contribution is -0.115. The molecule has 112 valence electrons. The Bertz CT molecular complexity index is 571. The average Bonchev–Trinajstić information content (AvgIpc) is 3.12. The van der Waals surface area contributed by atoms with E-state index in [1.165, 1.54) is 25.0 Å². The lowest BCUT2D eigenvalue weighted by Crippen LogP contribution is -2.29. The zero-order chi connectivity index (χ0) is 13.9. The molecular formula is C13H19ClN2O3S. The van der Waals surface area contributed by atoms with Crippen LogP contribution in [0.25, 0.3) is 0 Å². The van der Waals surface area contributed by atoms with Crippen molar-refractivity contribution in [2.24, 2.45) is 5.92 Å². The smallest absolute Gasteiger partial charge is 0.238 e. The van der Waals surface area contributed by atoms with Gasteiger partial charge in [0, 0.05) is 11.9 Å². The van der Waals surface area contributed by atoms with Gasteiger partial charge in [0.15, 0.2) is 9.84 Å². The van der Waals surface area contributed by atoms with Gasteiger partial charge in [-0.3, -0.25) is 4.79 Å². The number of carbonyl (C=O) groups excluding carboxylic acids is 1. The average molecular weight is 319 g/mol. The molecule has 7 heteroatoms. The summed E-state index contributed by atoms with van der Waals surface area (Å²) in [5.74, 6) is 0.563. The number of carbonyl (C=O) groups is 1. The highest BCUT2D eigenvalue weighted by Gasteiger charge is 2.20. The van der Waals surface area contributed by atoms with Gasteiger partial charge in [-0.25, -0.2) is 8.42 Å². The quantitative estimate of drug-likeness (QED) is 0.832. The second-order valence-electron chi connectivity index (χ2n) is 4.92. The Morgan fingerprint density at radius 1 is 1.35 bits per heavy atom. The van der Waals surface area contributed by atoms with Crippen LogP contribution in [0.3, 0.4) is 0 Å². The number of rotatable bonds is 6. The first-order chi connectivity index (χ1) is 8.95. The Hall–Kier alpha value is -1.11. The van der Waals surface area contributed by atoms with Gasteiger partial charge in [-0.2, -0.15) is 0 Å². The molecule has 0 bridgehead atoms. The number of sulfone groups is 1. The molecule has 5 nitrogen and oxygen atoms in total. The summed E-state index contributed by atoms with van der Waals surface area (Å²) in [5.41, 5.74) is 0.501. The molecule has 0 heterocycles. The molecular weight excluding hydrogens is 300 g/mol. The van der Waals surface area contributed by atoms with Gasteiger partial charge in [-0.1, -0.05) is 6.07 Å². The van der Waals surface area contributed by atoms with Crippen LogP contribution in [0.15, 0.2) is 29.2 Å². The summed E-state index contributed by atoms with van der Waals surface area (Å²) in [6.45, 7) is 1.12. The number of amides is 1. The van der Waals surface area contributed by atoms with Crippen molar-refractivity contribution in [3.05, 3.63) is 24.3 Å². The monoisotopic (exact) mass is 318 g/mol. The van der Waals surface area contributed by atoms with Crippen LogP contribution in [0.5, 0.6) is 0 Å². The largest absolute Gasteiger partial charge is 0.325 e. The Morgan fingerprint density at radius 3 is 2.65 bits per heavy atom. The van der Waals surface area contributed by atoms with Crippen LogP contribution in [-0.2, 0) is 14.6 Å². The van der Waals surface area contributed by atoms with Crippen molar-refractivity contribution >= 4 is 33.8 Å². The van der Waals surface area contributed by atoms with E-state index in [0.717, 1.165) is 18.7 Å². The molecule has 1 aliphatic carbocycles. The minimum absolute atomic E-state index is 0. The first-order valence-corrected chi connectivity index (χ1v) is 8.15. The van der Waals surface area contributed by atoms with Crippen molar-refractivity contribution < 1.29 is 13.2 Å². The number of hydrogen-bond donors (Lipinski definition) is 2. The highest BCUT2D eigenvalue weighted by Crippen LogP contribution is 2.27. The summed E-state index contributed by atoms with van der Waals surface area (Å²) in [7, 11) is -3.25. The van der Waals surface area contributed by atoms with Crippen molar-refractivity contribution in [3.63, 3.8) is 0 Å². The molecule has 1 aliphatic rings. The minimum Gasteiger partial charge on any atom is -0.325 e. The van der Waals surface area contributed by atoms with Gasteiger partial charge in [0.25, 0.3) is 0 Å². The van der Waals surface area contributed by atoms with Crippen LogP contribution in [0, 0.1) is 5.92 Å². The molecule has 20 heavy (non-hydrogen) atoms. The van der Waals surface area contributed by atoms with E-state index in [0.29, 0.717) is 5.69 Å². The van der Waals surface area contributed by atoms with Gasteiger partial charge in [0.2, 0.25) is 5.91 Å².